The normalized spacial score (nSPS) is 10.8. The van der Waals surface area contributed by atoms with Crippen molar-refractivity contribution < 1.29 is 4.74 Å². The van der Waals surface area contributed by atoms with Crippen molar-refractivity contribution in [1.82, 2.24) is 9.88 Å². The second kappa shape index (κ2) is 8.01. The maximum Gasteiger partial charge on any atom is 0.128 e. The Labute approximate surface area is 137 Å². The Hall–Kier alpha value is -1.78. The number of likely N-dealkylation sites (N-methyl/N-ethyl adjacent to an activating group) is 1. The summed E-state index contributed by atoms with van der Waals surface area (Å²) in [6.45, 7) is 2.65. The molecule has 4 nitrogen and oxygen atoms in total. The second-order valence-corrected chi connectivity index (χ2v) is 5.84. The van der Waals surface area contributed by atoms with Gasteiger partial charge in [0.2, 0.25) is 0 Å². The predicted octanol–water partition coefficient (Wildman–Crippen LogP) is 3.31. The van der Waals surface area contributed by atoms with E-state index >= 15 is 0 Å². The van der Waals surface area contributed by atoms with Crippen LogP contribution >= 0.6 is 11.6 Å². The highest BCUT2D eigenvalue weighted by Gasteiger charge is 2.09. The summed E-state index contributed by atoms with van der Waals surface area (Å²) >= 11 is 5.93. The molecule has 0 saturated carbocycles. The molecule has 0 amide bonds. The van der Waals surface area contributed by atoms with Crippen molar-refractivity contribution >= 4 is 17.4 Å². The molecule has 5 heteroatoms. The number of hydrogen-bond donors (Lipinski definition) is 0. The van der Waals surface area contributed by atoms with Gasteiger partial charge in [-0.25, -0.2) is 4.98 Å². The SMILES string of the molecule is COc1ccc(CN(CCN(C)C)c2ccc(Cl)cn2)cc1. The van der Waals surface area contributed by atoms with Crippen molar-refractivity contribution in [3.05, 3.63) is 53.2 Å². The molecule has 0 atom stereocenters. The topological polar surface area (TPSA) is 28.6 Å². The monoisotopic (exact) mass is 319 g/mol. The second-order valence-electron chi connectivity index (χ2n) is 5.41. The van der Waals surface area contributed by atoms with Crippen LogP contribution in [-0.2, 0) is 6.54 Å². The molecule has 0 unspecified atom stereocenters. The Morgan fingerprint density at radius 1 is 1.05 bits per heavy atom. The molecule has 0 N–H and O–H groups in total. The van der Waals surface area contributed by atoms with E-state index in [1.54, 1.807) is 13.3 Å². The summed E-state index contributed by atoms with van der Waals surface area (Å²) in [6, 6.07) is 12.0. The van der Waals surface area contributed by atoms with E-state index in [9.17, 15) is 0 Å². The molecule has 0 aliphatic rings. The van der Waals surface area contributed by atoms with E-state index in [4.69, 9.17) is 16.3 Å². The fraction of sp³-hybridized carbons (Fsp3) is 0.353. The number of hydrogen-bond acceptors (Lipinski definition) is 4. The Morgan fingerprint density at radius 3 is 2.32 bits per heavy atom. The van der Waals surface area contributed by atoms with Crippen LogP contribution in [0.3, 0.4) is 0 Å². The third kappa shape index (κ3) is 4.90. The summed E-state index contributed by atoms with van der Waals surface area (Å²) in [5, 5.41) is 0.653. The first-order valence-corrected chi connectivity index (χ1v) is 7.60. The van der Waals surface area contributed by atoms with Crippen molar-refractivity contribution in [2.24, 2.45) is 0 Å². The molecule has 1 aromatic heterocycles. The number of anilines is 1. The Morgan fingerprint density at radius 2 is 1.77 bits per heavy atom. The van der Waals surface area contributed by atoms with E-state index in [-0.39, 0.29) is 0 Å². The zero-order valence-corrected chi connectivity index (χ0v) is 14.0. The highest BCUT2D eigenvalue weighted by molar-refractivity contribution is 6.30. The van der Waals surface area contributed by atoms with Crippen LogP contribution in [0.4, 0.5) is 5.82 Å². The number of pyridine rings is 1. The van der Waals surface area contributed by atoms with Gasteiger partial charge in [-0.15, -0.1) is 0 Å². The van der Waals surface area contributed by atoms with Gasteiger partial charge in [-0.05, 0) is 43.9 Å². The average Bonchev–Trinajstić information content (AvgIpc) is 2.53. The molecule has 0 bridgehead atoms. The first-order valence-electron chi connectivity index (χ1n) is 7.22. The first kappa shape index (κ1) is 16.6. The van der Waals surface area contributed by atoms with E-state index in [1.807, 2.05) is 24.3 Å². The molecule has 118 valence electrons. The third-order valence-corrected chi connectivity index (χ3v) is 3.61. The standard InChI is InChI=1S/C17H22ClN3O/c1-20(2)10-11-21(17-9-6-15(18)12-19-17)13-14-4-7-16(22-3)8-5-14/h4-9,12H,10-11,13H2,1-3H3. The summed E-state index contributed by atoms with van der Waals surface area (Å²) in [5.74, 6) is 1.80. The summed E-state index contributed by atoms with van der Waals surface area (Å²) in [5.41, 5.74) is 1.22. The predicted molar refractivity (Wildman–Crippen MR) is 91.8 cm³/mol. The van der Waals surface area contributed by atoms with E-state index in [2.05, 4.69) is 41.0 Å². The summed E-state index contributed by atoms with van der Waals surface area (Å²) < 4.78 is 5.20. The minimum atomic E-state index is 0.653. The van der Waals surface area contributed by atoms with Crippen LogP contribution in [0.5, 0.6) is 5.75 Å². The van der Waals surface area contributed by atoms with Crippen molar-refractivity contribution in [3.8, 4) is 5.75 Å². The molecular weight excluding hydrogens is 298 g/mol. The van der Waals surface area contributed by atoms with E-state index in [0.29, 0.717) is 5.02 Å². The highest BCUT2D eigenvalue weighted by Crippen LogP contribution is 2.18. The summed E-state index contributed by atoms with van der Waals surface area (Å²) in [7, 11) is 5.82. The number of benzene rings is 1. The molecule has 0 aliphatic heterocycles. The summed E-state index contributed by atoms with van der Waals surface area (Å²) in [6.07, 6.45) is 1.69. The number of aromatic nitrogens is 1. The number of nitrogens with zero attached hydrogens (tertiary/aromatic N) is 3. The number of halogens is 1. The van der Waals surface area contributed by atoms with Gasteiger partial charge in [-0.2, -0.15) is 0 Å². The van der Waals surface area contributed by atoms with Crippen molar-refractivity contribution in [2.45, 2.75) is 6.54 Å². The first-order chi connectivity index (χ1) is 10.6. The Balaban J connectivity index is 2.13. The Bertz CT molecular complexity index is 569. The van der Waals surface area contributed by atoms with Gasteiger partial charge in [0.15, 0.2) is 0 Å². The summed E-state index contributed by atoms with van der Waals surface area (Å²) in [4.78, 5) is 8.85. The fourth-order valence-electron chi connectivity index (χ4n) is 2.10. The van der Waals surface area contributed by atoms with Crippen LogP contribution in [0.15, 0.2) is 42.6 Å². The molecular formula is C17H22ClN3O. The Kier molecular flexibility index (Phi) is 6.04. The van der Waals surface area contributed by atoms with Crippen LogP contribution in [0.1, 0.15) is 5.56 Å². The smallest absolute Gasteiger partial charge is 0.128 e. The number of methoxy groups -OCH3 is 1. The number of rotatable bonds is 7. The minimum absolute atomic E-state index is 0.653. The van der Waals surface area contributed by atoms with Crippen LogP contribution in [0, 0.1) is 0 Å². The zero-order valence-electron chi connectivity index (χ0n) is 13.3. The minimum Gasteiger partial charge on any atom is -0.497 e. The van der Waals surface area contributed by atoms with Crippen molar-refractivity contribution in [1.29, 1.82) is 0 Å². The molecule has 1 heterocycles. The van der Waals surface area contributed by atoms with Crippen molar-refractivity contribution in [2.75, 3.05) is 39.2 Å². The zero-order chi connectivity index (χ0) is 15.9. The molecule has 0 aliphatic carbocycles. The van der Waals surface area contributed by atoms with Gasteiger partial charge in [0.05, 0.1) is 12.1 Å². The van der Waals surface area contributed by atoms with Gasteiger partial charge in [0.25, 0.3) is 0 Å². The molecule has 2 aromatic rings. The lowest BCUT2D eigenvalue weighted by Gasteiger charge is -2.25. The average molecular weight is 320 g/mol. The van der Waals surface area contributed by atoms with Gasteiger partial charge in [0, 0.05) is 25.8 Å². The lowest BCUT2D eigenvalue weighted by molar-refractivity contribution is 0.411. The fourth-order valence-corrected chi connectivity index (χ4v) is 2.21. The maximum absolute atomic E-state index is 5.93. The molecule has 0 spiro atoms. The van der Waals surface area contributed by atoms with Gasteiger partial charge in [0.1, 0.15) is 11.6 Å². The molecule has 0 saturated heterocycles. The van der Waals surface area contributed by atoms with Crippen LogP contribution in [-0.4, -0.2) is 44.2 Å². The highest BCUT2D eigenvalue weighted by atomic mass is 35.5. The number of ether oxygens (including phenoxy) is 1. The quantitative estimate of drug-likeness (QED) is 0.783. The lowest BCUT2D eigenvalue weighted by Crippen LogP contribution is -2.31. The lowest BCUT2D eigenvalue weighted by atomic mass is 10.2. The largest absolute Gasteiger partial charge is 0.497 e. The molecule has 2 rings (SSSR count). The van der Waals surface area contributed by atoms with Crippen LogP contribution in [0.2, 0.25) is 5.02 Å². The van der Waals surface area contributed by atoms with Gasteiger partial charge in [-0.3, -0.25) is 0 Å². The maximum atomic E-state index is 5.93. The van der Waals surface area contributed by atoms with Gasteiger partial charge < -0.3 is 14.5 Å². The molecule has 22 heavy (non-hydrogen) atoms. The van der Waals surface area contributed by atoms with Gasteiger partial charge in [-0.1, -0.05) is 23.7 Å². The van der Waals surface area contributed by atoms with Crippen LogP contribution in [0.25, 0.3) is 0 Å². The van der Waals surface area contributed by atoms with E-state index in [0.717, 1.165) is 31.2 Å². The van der Waals surface area contributed by atoms with E-state index < -0.39 is 0 Å². The molecule has 0 radical (unpaired) electrons. The van der Waals surface area contributed by atoms with Gasteiger partial charge >= 0.3 is 0 Å². The van der Waals surface area contributed by atoms with Crippen molar-refractivity contribution in [3.63, 3.8) is 0 Å². The molecule has 0 fully saturated rings. The third-order valence-electron chi connectivity index (χ3n) is 3.39. The van der Waals surface area contributed by atoms with Crippen LogP contribution < -0.4 is 9.64 Å². The molecule has 1 aromatic carbocycles. The van der Waals surface area contributed by atoms with E-state index in [1.165, 1.54) is 5.56 Å².